The second-order valence-corrected chi connectivity index (χ2v) is 7.31. The molecule has 1 aliphatic heterocycles. The number of anilines is 1. The maximum absolute atomic E-state index is 11.8. The molecule has 0 atom stereocenters. The quantitative estimate of drug-likeness (QED) is 0.764. The largest absolute Gasteiger partial charge is 0.462 e. The van der Waals surface area contributed by atoms with E-state index in [1.807, 2.05) is 12.1 Å². The highest BCUT2D eigenvalue weighted by Gasteiger charge is 2.25. The van der Waals surface area contributed by atoms with Gasteiger partial charge in [-0.05, 0) is 38.1 Å². The first-order chi connectivity index (χ1) is 10.5. The number of rotatable bonds is 5. The lowest BCUT2D eigenvalue weighted by Crippen LogP contribution is -2.49. The van der Waals surface area contributed by atoms with Crippen LogP contribution in [0.25, 0.3) is 0 Å². The predicted molar refractivity (Wildman–Crippen MR) is 85.6 cm³/mol. The van der Waals surface area contributed by atoms with Gasteiger partial charge in [-0.15, -0.1) is 0 Å². The molecule has 1 aliphatic rings. The molecule has 1 heterocycles. The van der Waals surface area contributed by atoms with Crippen LogP contribution in [0.4, 0.5) is 5.69 Å². The number of ether oxygens (including phenoxy) is 1. The van der Waals surface area contributed by atoms with Crippen LogP contribution in [0, 0.1) is 0 Å². The fourth-order valence-corrected chi connectivity index (χ4v) is 3.51. The van der Waals surface area contributed by atoms with E-state index in [1.165, 1.54) is 4.31 Å². The molecular formula is C15H22N2O4S. The van der Waals surface area contributed by atoms with E-state index in [4.69, 9.17) is 4.74 Å². The fourth-order valence-electron chi connectivity index (χ4n) is 2.43. The predicted octanol–water partition coefficient (Wildman–Crippen LogP) is 1.33. The summed E-state index contributed by atoms with van der Waals surface area (Å²) in [5.74, 6) is -0.186. The van der Waals surface area contributed by atoms with Crippen molar-refractivity contribution < 1.29 is 17.9 Å². The summed E-state index contributed by atoms with van der Waals surface area (Å²) in [7, 11) is -3.11. The van der Waals surface area contributed by atoms with Crippen molar-refractivity contribution in [3.8, 4) is 0 Å². The summed E-state index contributed by atoms with van der Waals surface area (Å²) in [5, 5.41) is 0. The molecule has 0 saturated carbocycles. The van der Waals surface area contributed by atoms with Gasteiger partial charge in [-0.25, -0.2) is 13.2 Å². The van der Waals surface area contributed by atoms with E-state index < -0.39 is 10.0 Å². The summed E-state index contributed by atoms with van der Waals surface area (Å²) in [6.45, 7) is 6.09. The van der Waals surface area contributed by atoms with Crippen LogP contribution in [0.1, 0.15) is 24.2 Å². The Kier molecular flexibility index (Phi) is 5.42. The molecule has 1 aromatic carbocycles. The molecule has 0 spiro atoms. The molecule has 1 saturated heterocycles. The SMILES string of the molecule is CCOC(=O)c1ccc(N2CCN(S(=O)(=O)CC)CC2)cc1. The van der Waals surface area contributed by atoms with Gasteiger partial charge >= 0.3 is 5.97 Å². The Morgan fingerprint density at radius 3 is 2.18 bits per heavy atom. The van der Waals surface area contributed by atoms with Crippen LogP contribution in [-0.2, 0) is 14.8 Å². The van der Waals surface area contributed by atoms with E-state index in [2.05, 4.69) is 4.90 Å². The highest BCUT2D eigenvalue weighted by atomic mass is 32.2. The zero-order chi connectivity index (χ0) is 16.2. The third-order valence-corrected chi connectivity index (χ3v) is 5.62. The summed E-state index contributed by atoms with van der Waals surface area (Å²) in [6.07, 6.45) is 0. The molecule has 0 bridgehead atoms. The normalized spacial score (nSPS) is 16.5. The monoisotopic (exact) mass is 326 g/mol. The molecule has 1 aromatic rings. The first kappa shape index (κ1) is 16.8. The Hall–Kier alpha value is -1.60. The Morgan fingerprint density at radius 2 is 1.68 bits per heavy atom. The van der Waals surface area contributed by atoms with E-state index in [9.17, 15) is 13.2 Å². The second kappa shape index (κ2) is 7.11. The lowest BCUT2D eigenvalue weighted by molar-refractivity contribution is 0.0526. The molecule has 2 rings (SSSR count). The first-order valence-corrected chi connectivity index (χ1v) is 9.08. The molecule has 0 radical (unpaired) electrons. The Morgan fingerprint density at radius 1 is 1.09 bits per heavy atom. The van der Waals surface area contributed by atoms with E-state index in [0.717, 1.165) is 5.69 Å². The summed E-state index contributed by atoms with van der Waals surface area (Å²) < 4.78 is 30.2. The number of piperazine rings is 1. The van der Waals surface area contributed by atoms with Crippen LogP contribution in [-0.4, -0.2) is 57.2 Å². The van der Waals surface area contributed by atoms with Crippen molar-refractivity contribution in [2.24, 2.45) is 0 Å². The minimum atomic E-state index is -3.11. The van der Waals surface area contributed by atoms with Crippen molar-refractivity contribution in [2.45, 2.75) is 13.8 Å². The lowest BCUT2D eigenvalue weighted by atomic mass is 10.2. The van der Waals surface area contributed by atoms with Gasteiger partial charge in [0.05, 0.1) is 17.9 Å². The molecule has 1 fully saturated rings. The third-order valence-electron chi connectivity index (χ3n) is 3.74. The van der Waals surface area contributed by atoms with Crippen LogP contribution >= 0.6 is 0 Å². The number of hydrogen-bond donors (Lipinski definition) is 0. The van der Waals surface area contributed by atoms with Crippen molar-refractivity contribution in [1.29, 1.82) is 0 Å². The highest BCUT2D eigenvalue weighted by Crippen LogP contribution is 2.19. The van der Waals surface area contributed by atoms with Crippen molar-refractivity contribution in [2.75, 3.05) is 43.4 Å². The molecule has 0 aromatic heterocycles. The summed E-state index contributed by atoms with van der Waals surface area (Å²) in [6, 6.07) is 7.22. The van der Waals surface area contributed by atoms with Gasteiger partial charge in [0.1, 0.15) is 0 Å². The molecular weight excluding hydrogens is 304 g/mol. The molecule has 6 nitrogen and oxygen atoms in total. The van der Waals surface area contributed by atoms with Gasteiger partial charge < -0.3 is 9.64 Å². The van der Waals surface area contributed by atoms with Gasteiger partial charge in [0, 0.05) is 31.9 Å². The van der Waals surface area contributed by atoms with Crippen molar-refractivity contribution in [3.63, 3.8) is 0 Å². The van der Waals surface area contributed by atoms with Crippen molar-refractivity contribution in [1.82, 2.24) is 4.31 Å². The number of carbonyl (C=O) groups excluding carboxylic acids is 1. The second-order valence-electron chi connectivity index (χ2n) is 5.05. The van der Waals surface area contributed by atoms with Crippen molar-refractivity contribution >= 4 is 21.7 Å². The maximum Gasteiger partial charge on any atom is 0.338 e. The van der Waals surface area contributed by atoms with Gasteiger partial charge in [0.2, 0.25) is 10.0 Å². The van der Waals surface area contributed by atoms with E-state index in [0.29, 0.717) is 38.3 Å². The number of sulfonamides is 1. The highest BCUT2D eigenvalue weighted by molar-refractivity contribution is 7.89. The smallest absolute Gasteiger partial charge is 0.338 e. The van der Waals surface area contributed by atoms with Crippen LogP contribution < -0.4 is 4.90 Å². The molecule has 7 heteroatoms. The minimum Gasteiger partial charge on any atom is -0.462 e. The summed E-state index contributed by atoms with van der Waals surface area (Å²) in [4.78, 5) is 13.7. The lowest BCUT2D eigenvalue weighted by Gasteiger charge is -2.35. The van der Waals surface area contributed by atoms with Crippen LogP contribution in [0.3, 0.4) is 0 Å². The number of benzene rings is 1. The van der Waals surface area contributed by atoms with Gasteiger partial charge in [-0.2, -0.15) is 4.31 Å². The van der Waals surface area contributed by atoms with Crippen LogP contribution in [0.2, 0.25) is 0 Å². The first-order valence-electron chi connectivity index (χ1n) is 7.48. The Bertz CT molecular complexity index is 605. The fraction of sp³-hybridized carbons (Fsp3) is 0.533. The van der Waals surface area contributed by atoms with Gasteiger partial charge in [-0.1, -0.05) is 0 Å². The number of nitrogens with zero attached hydrogens (tertiary/aromatic N) is 2. The zero-order valence-corrected chi connectivity index (χ0v) is 13.8. The topological polar surface area (TPSA) is 66.9 Å². The molecule has 122 valence electrons. The van der Waals surface area contributed by atoms with Gasteiger partial charge in [0.15, 0.2) is 0 Å². The van der Waals surface area contributed by atoms with Crippen LogP contribution in [0.5, 0.6) is 0 Å². The van der Waals surface area contributed by atoms with Gasteiger partial charge in [0.25, 0.3) is 0 Å². The molecule has 0 amide bonds. The zero-order valence-electron chi connectivity index (χ0n) is 13.0. The molecule has 0 N–H and O–H groups in total. The molecule has 22 heavy (non-hydrogen) atoms. The van der Waals surface area contributed by atoms with Gasteiger partial charge in [-0.3, -0.25) is 0 Å². The number of carbonyl (C=O) groups is 1. The summed E-state index contributed by atoms with van der Waals surface area (Å²) in [5.41, 5.74) is 1.51. The van der Waals surface area contributed by atoms with E-state index in [1.54, 1.807) is 26.0 Å². The average Bonchev–Trinajstić information content (AvgIpc) is 2.55. The van der Waals surface area contributed by atoms with E-state index >= 15 is 0 Å². The standard InChI is InChI=1S/C15H22N2O4S/c1-3-21-15(18)13-5-7-14(8-6-13)16-9-11-17(12-10-16)22(19,20)4-2/h5-8H,3-4,9-12H2,1-2H3. The summed E-state index contributed by atoms with van der Waals surface area (Å²) >= 11 is 0. The number of hydrogen-bond acceptors (Lipinski definition) is 5. The maximum atomic E-state index is 11.8. The molecule has 0 aliphatic carbocycles. The van der Waals surface area contributed by atoms with E-state index in [-0.39, 0.29) is 11.7 Å². The van der Waals surface area contributed by atoms with Crippen LogP contribution in [0.15, 0.2) is 24.3 Å². The Labute approximate surface area is 131 Å². The average molecular weight is 326 g/mol. The third kappa shape index (κ3) is 3.78. The minimum absolute atomic E-state index is 0.140. The molecule has 0 unspecified atom stereocenters. The Balaban J connectivity index is 1.98. The van der Waals surface area contributed by atoms with Crippen molar-refractivity contribution in [3.05, 3.63) is 29.8 Å². The number of esters is 1.